The molecule has 0 radical (unpaired) electrons. The Bertz CT molecular complexity index is 156. The Balaban J connectivity index is 3.88. The third-order valence-electron chi connectivity index (χ3n) is 1.07. The lowest BCUT2D eigenvalue weighted by Crippen LogP contribution is -2.22. The number of alkyl halides is 1. The first-order valence-electron chi connectivity index (χ1n) is 3.50. The summed E-state index contributed by atoms with van der Waals surface area (Å²) >= 11 is 5.71. The third kappa shape index (κ3) is 4.85. The summed E-state index contributed by atoms with van der Waals surface area (Å²) in [6, 6.07) is 0. The van der Waals surface area contributed by atoms with Crippen LogP contribution in [0.15, 0.2) is 12.3 Å². The Morgan fingerprint density at radius 1 is 1.64 bits per heavy atom. The summed E-state index contributed by atoms with van der Waals surface area (Å²) in [7, 11) is 0. The zero-order valence-electron chi connectivity index (χ0n) is 7.06. The highest BCUT2D eigenvalue weighted by atomic mass is 35.5. The first-order chi connectivity index (χ1) is 4.98. The maximum atomic E-state index is 11.0. The fourth-order valence-electron chi connectivity index (χ4n) is 0.404. The molecular weight excluding hydrogens is 164 g/mol. The van der Waals surface area contributed by atoms with Gasteiger partial charge in [0.1, 0.15) is 4.87 Å². The molecule has 0 aromatic carbocycles. The Labute approximate surface area is 72.2 Å². The summed E-state index contributed by atoms with van der Waals surface area (Å²) in [4.78, 5) is 10.2. The van der Waals surface area contributed by atoms with E-state index in [1.165, 1.54) is 12.3 Å². The Kier molecular flexibility index (Phi) is 4.19. The minimum Gasteiger partial charge on any atom is -0.501 e. The largest absolute Gasteiger partial charge is 0.501 e. The first-order valence-corrected chi connectivity index (χ1v) is 3.87. The molecule has 0 saturated heterocycles. The topological polar surface area (TPSA) is 26.3 Å². The van der Waals surface area contributed by atoms with Crippen LogP contribution in [0.1, 0.15) is 20.8 Å². The van der Waals surface area contributed by atoms with Crippen molar-refractivity contribution in [1.82, 2.24) is 0 Å². The van der Waals surface area contributed by atoms with Gasteiger partial charge in [0.25, 0.3) is 0 Å². The molecule has 0 heterocycles. The van der Waals surface area contributed by atoms with E-state index in [1.807, 2.05) is 6.92 Å². The van der Waals surface area contributed by atoms with Crippen molar-refractivity contribution in [3.8, 4) is 0 Å². The molecule has 0 amide bonds. The van der Waals surface area contributed by atoms with Gasteiger partial charge in [-0.15, -0.1) is 11.6 Å². The van der Waals surface area contributed by atoms with Crippen molar-refractivity contribution < 1.29 is 9.53 Å². The number of allylic oxidation sites excluding steroid dienone is 1. The number of rotatable bonds is 4. The molecule has 0 aliphatic rings. The van der Waals surface area contributed by atoms with E-state index in [4.69, 9.17) is 16.3 Å². The summed E-state index contributed by atoms with van der Waals surface area (Å²) in [5.41, 5.74) is 0. The predicted molar refractivity (Wildman–Crippen MR) is 45.7 cm³/mol. The van der Waals surface area contributed by atoms with Gasteiger partial charge in [-0.25, -0.2) is 0 Å². The highest BCUT2D eigenvalue weighted by Gasteiger charge is 2.21. The van der Waals surface area contributed by atoms with Crippen LogP contribution in [-0.4, -0.2) is 17.3 Å². The highest BCUT2D eigenvalue weighted by molar-refractivity contribution is 6.36. The minimum absolute atomic E-state index is 0.146. The molecule has 0 aromatic rings. The number of halogens is 1. The molecule has 0 spiro atoms. The molecule has 0 fully saturated rings. The van der Waals surface area contributed by atoms with Crippen LogP contribution in [0.5, 0.6) is 0 Å². The molecule has 0 atom stereocenters. The maximum absolute atomic E-state index is 11.0. The summed E-state index contributed by atoms with van der Waals surface area (Å²) in [5, 5.41) is 0. The van der Waals surface area contributed by atoms with Crippen LogP contribution in [0.3, 0.4) is 0 Å². The lowest BCUT2D eigenvalue weighted by molar-refractivity contribution is -0.116. The molecule has 0 rings (SSSR count). The first kappa shape index (κ1) is 10.5. The van der Waals surface area contributed by atoms with Crippen LogP contribution in [0, 0.1) is 0 Å². The van der Waals surface area contributed by atoms with Gasteiger partial charge in [-0.3, -0.25) is 4.79 Å². The van der Waals surface area contributed by atoms with Crippen molar-refractivity contribution in [2.24, 2.45) is 0 Å². The third-order valence-corrected chi connectivity index (χ3v) is 1.25. The summed E-state index contributed by atoms with van der Waals surface area (Å²) < 4.78 is 4.84. The van der Waals surface area contributed by atoms with E-state index in [0.29, 0.717) is 6.61 Å². The molecule has 0 aliphatic heterocycles. The highest BCUT2D eigenvalue weighted by Crippen LogP contribution is 2.14. The zero-order chi connectivity index (χ0) is 8.91. The SMILES string of the molecule is CCO/C=C/C(=O)C(C)(C)Cl. The van der Waals surface area contributed by atoms with Gasteiger partial charge in [0.05, 0.1) is 12.9 Å². The van der Waals surface area contributed by atoms with E-state index < -0.39 is 4.87 Å². The van der Waals surface area contributed by atoms with E-state index in [0.717, 1.165) is 0 Å². The monoisotopic (exact) mass is 176 g/mol. The lowest BCUT2D eigenvalue weighted by atomic mass is 10.1. The van der Waals surface area contributed by atoms with Crippen LogP contribution in [0.4, 0.5) is 0 Å². The van der Waals surface area contributed by atoms with Crippen LogP contribution in [0.2, 0.25) is 0 Å². The maximum Gasteiger partial charge on any atom is 0.179 e. The van der Waals surface area contributed by atoms with Gasteiger partial charge in [0, 0.05) is 6.08 Å². The molecule has 3 heteroatoms. The van der Waals surface area contributed by atoms with Gasteiger partial charge in [0.2, 0.25) is 0 Å². The second-order valence-corrected chi connectivity index (χ2v) is 3.54. The van der Waals surface area contributed by atoms with E-state index in [-0.39, 0.29) is 5.78 Å². The number of carbonyl (C=O) groups is 1. The Morgan fingerprint density at radius 3 is 2.55 bits per heavy atom. The van der Waals surface area contributed by atoms with Crippen molar-refractivity contribution in [2.75, 3.05) is 6.61 Å². The average Bonchev–Trinajstić information content (AvgIpc) is 1.86. The van der Waals surface area contributed by atoms with E-state index in [1.54, 1.807) is 13.8 Å². The number of ether oxygens (including phenoxy) is 1. The molecule has 2 nitrogen and oxygen atoms in total. The Hall–Kier alpha value is -0.500. The van der Waals surface area contributed by atoms with E-state index >= 15 is 0 Å². The number of hydrogen-bond acceptors (Lipinski definition) is 2. The van der Waals surface area contributed by atoms with Gasteiger partial charge in [-0.2, -0.15) is 0 Å². The van der Waals surface area contributed by atoms with Gasteiger partial charge in [0.15, 0.2) is 5.78 Å². The lowest BCUT2D eigenvalue weighted by Gasteiger charge is -2.09. The summed E-state index contributed by atoms with van der Waals surface area (Å²) in [6.07, 6.45) is 2.71. The van der Waals surface area contributed by atoms with Crippen LogP contribution in [-0.2, 0) is 9.53 Å². The minimum atomic E-state index is -0.826. The summed E-state index contributed by atoms with van der Waals surface area (Å²) in [5.74, 6) is -0.146. The summed E-state index contributed by atoms with van der Waals surface area (Å²) in [6.45, 7) is 5.70. The van der Waals surface area contributed by atoms with Gasteiger partial charge < -0.3 is 4.74 Å². The fourth-order valence-corrected chi connectivity index (χ4v) is 0.467. The molecule has 11 heavy (non-hydrogen) atoms. The van der Waals surface area contributed by atoms with E-state index in [2.05, 4.69) is 0 Å². The molecular formula is C8H13ClO2. The Morgan fingerprint density at radius 2 is 2.18 bits per heavy atom. The molecule has 0 unspecified atom stereocenters. The average molecular weight is 177 g/mol. The van der Waals surface area contributed by atoms with Crippen molar-refractivity contribution in [1.29, 1.82) is 0 Å². The van der Waals surface area contributed by atoms with Crippen LogP contribution >= 0.6 is 11.6 Å². The predicted octanol–water partition coefficient (Wildman–Crippen LogP) is 2.12. The standard InChI is InChI=1S/C8H13ClO2/c1-4-11-6-5-7(10)8(2,3)9/h5-6H,4H2,1-3H3/b6-5+. The van der Waals surface area contributed by atoms with Crippen LogP contribution in [0.25, 0.3) is 0 Å². The van der Waals surface area contributed by atoms with Gasteiger partial charge in [-0.1, -0.05) is 0 Å². The molecule has 0 N–H and O–H groups in total. The molecule has 0 bridgehead atoms. The normalized spacial score (nSPS) is 12.0. The van der Waals surface area contributed by atoms with Crippen LogP contribution < -0.4 is 0 Å². The second-order valence-electron chi connectivity index (χ2n) is 2.59. The quantitative estimate of drug-likeness (QED) is 0.373. The molecule has 0 saturated carbocycles. The number of carbonyl (C=O) groups excluding carboxylic acids is 1. The smallest absolute Gasteiger partial charge is 0.179 e. The van der Waals surface area contributed by atoms with E-state index in [9.17, 15) is 4.79 Å². The van der Waals surface area contributed by atoms with Crippen molar-refractivity contribution in [3.63, 3.8) is 0 Å². The van der Waals surface area contributed by atoms with Gasteiger partial charge in [-0.05, 0) is 20.8 Å². The van der Waals surface area contributed by atoms with Gasteiger partial charge >= 0.3 is 0 Å². The van der Waals surface area contributed by atoms with Crippen molar-refractivity contribution in [2.45, 2.75) is 25.6 Å². The van der Waals surface area contributed by atoms with Crippen molar-refractivity contribution >= 4 is 17.4 Å². The molecule has 0 aromatic heterocycles. The number of hydrogen-bond donors (Lipinski definition) is 0. The fraction of sp³-hybridized carbons (Fsp3) is 0.625. The zero-order valence-corrected chi connectivity index (χ0v) is 7.81. The van der Waals surface area contributed by atoms with Crippen molar-refractivity contribution in [3.05, 3.63) is 12.3 Å². The second kappa shape index (κ2) is 4.39. The number of ketones is 1. The molecule has 64 valence electrons. The molecule has 0 aliphatic carbocycles.